The Bertz CT molecular complexity index is 1280. The van der Waals surface area contributed by atoms with Crippen molar-refractivity contribution in [3.8, 4) is 11.5 Å². The number of amides is 3. The molecule has 2 aliphatic heterocycles. The molecule has 8 heteroatoms. The molecular weight excluding hydrogens is 460 g/mol. The summed E-state index contributed by atoms with van der Waals surface area (Å²) in [5, 5.41) is 0. The van der Waals surface area contributed by atoms with Crippen molar-refractivity contribution in [3.63, 3.8) is 0 Å². The van der Waals surface area contributed by atoms with Gasteiger partial charge in [0.25, 0.3) is 0 Å². The first-order valence-corrected chi connectivity index (χ1v) is 12.1. The van der Waals surface area contributed by atoms with Crippen LogP contribution in [0.25, 0.3) is 0 Å². The maximum absolute atomic E-state index is 13.1. The lowest BCUT2D eigenvalue weighted by Gasteiger charge is -2.22. The van der Waals surface area contributed by atoms with Crippen LogP contribution in [0.5, 0.6) is 11.5 Å². The van der Waals surface area contributed by atoms with Crippen LogP contribution in [0.2, 0.25) is 0 Å². The van der Waals surface area contributed by atoms with Gasteiger partial charge in [-0.25, -0.2) is 4.90 Å². The van der Waals surface area contributed by atoms with Crippen molar-refractivity contribution >= 4 is 35.1 Å². The number of hydrogen-bond donors (Lipinski definition) is 0. The monoisotopic (exact) mass is 488 g/mol. The molecule has 0 N–H and O–H groups in total. The molecule has 0 aromatic heterocycles. The van der Waals surface area contributed by atoms with Gasteiger partial charge in [-0.3, -0.25) is 19.2 Å². The molecular formula is C28H28N2O6. The van der Waals surface area contributed by atoms with E-state index in [0.29, 0.717) is 34.9 Å². The number of carbonyl (C=O) groups is 4. The van der Waals surface area contributed by atoms with Crippen LogP contribution in [0.4, 0.5) is 11.4 Å². The van der Waals surface area contributed by atoms with E-state index in [1.807, 2.05) is 31.2 Å². The number of allylic oxidation sites excluding steroid dienone is 2. The Morgan fingerprint density at radius 1 is 1.03 bits per heavy atom. The van der Waals surface area contributed by atoms with Crippen LogP contribution in [-0.2, 0) is 19.2 Å². The highest BCUT2D eigenvalue weighted by molar-refractivity contribution is 6.22. The lowest BCUT2D eigenvalue weighted by Crippen LogP contribution is -2.32. The first-order chi connectivity index (χ1) is 17.3. The summed E-state index contributed by atoms with van der Waals surface area (Å²) in [6, 6.07) is 12.0. The van der Waals surface area contributed by atoms with E-state index in [2.05, 4.69) is 0 Å². The fourth-order valence-corrected chi connectivity index (χ4v) is 5.48. The number of nitrogens with zero attached hydrogens (tertiary/aromatic N) is 2. The van der Waals surface area contributed by atoms with Crippen molar-refractivity contribution in [1.29, 1.82) is 0 Å². The SMILES string of the molecule is COc1ccccc1N1C[C@H](C(=O)Oc2ccc(N3C(=O)[C@@H]4[C@@H](C)C=CC[C@H]4C3=O)c(C)c2)CC1=O. The molecule has 5 rings (SSSR count). The number of anilines is 2. The molecule has 3 amide bonds. The van der Waals surface area contributed by atoms with E-state index in [-0.39, 0.29) is 48.4 Å². The summed E-state index contributed by atoms with van der Waals surface area (Å²) in [5.41, 5.74) is 1.77. The van der Waals surface area contributed by atoms with Crippen LogP contribution in [-0.4, -0.2) is 37.3 Å². The third-order valence-electron chi connectivity index (χ3n) is 7.33. The van der Waals surface area contributed by atoms with Crippen LogP contribution < -0.4 is 19.3 Å². The van der Waals surface area contributed by atoms with Gasteiger partial charge in [-0.2, -0.15) is 0 Å². The first kappa shape index (κ1) is 23.8. The summed E-state index contributed by atoms with van der Waals surface area (Å²) in [7, 11) is 1.53. The minimum absolute atomic E-state index is 0.00951. The fourth-order valence-electron chi connectivity index (χ4n) is 5.48. The van der Waals surface area contributed by atoms with Crippen molar-refractivity contribution in [2.45, 2.75) is 26.7 Å². The minimum atomic E-state index is -0.624. The van der Waals surface area contributed by atoms with Crippen LogP contribution >= 0.6 is 0 Å². The summed E-state index contributed by atoms with van der Waals surface area (Å²) >= 11 is 0. The van der Waals surface area contributed by atoms with E-state index in [1.54, 1.807) is 42.2 Å². The summed E-state index contributed by atoms with van der Waals surface area (Å²) in [6.07, 6.45) is 4.57. The molecule has 3 aliphatic rings. The van der Waals surface area contributed by atoms with E-state index < -0.39 is 11.9 Å². The number of imide groups is 1. The molecule has 4 atom stereocenters. The topological polar surface area (TPSA) is 93.2 Å². The number of methoxy groups -OCH3 is 1. The molecule has 0 radical (unpaired) electrons. The second kappa shape index (κ2) is 9.26. The van der Waals surface area contributed by atoms with Crippen molar-refractivity contribution in [2.24, 2.45) is 23.7 Å². The smallest absolute Gasteiger partial charge is 0.316 e. The van der Waals surface area contributed by atoms with Gasteiger partial charge < -0.3 is 14.4 Å². The van der Waals surface area contributed by atoms with Crippen LogP contribution in [0.3, 0.4) is 0 Å². The maximum atomic E-state index is 13.1. The van der Waals surface area contributed by atoms with Crippen molar-refractivity contribution < 1.29 is 28.7 Å². The molecule has 1 aliphatic carbocycles. The van der Waals surface area contributed by atoms with E-state index >= 15 is 0 Å². The molecule has 0 saturated carbocycles. The maximum Gasteiger partial charge on any atom is 0.316 e. The van der Waals surface area contributed by atoms with Gasteiger partial charge in [0.2, 0.25) is 17.7 Å². The minimum Gasteiger partial charge on any atom is -0.495 e. The van der Waals surface area contributed by atoms with Gasteiger partial charge in [0.05, 0.1) is 36.2 Å². The number of benzene rings is 2. The van der Waals surface area contributed by atoms with Gasteiger partial charge in [-0.1, -0.05) is 31.2 Å². The third kappa shape index (κ3) is 3.96. The lowest BCUT2D eigenvalue weighted by molar-refractivity contribution is -0.139. The van der Waals surface area contributed by atoms with Crippen LogP contribution in [0, 0.1) is 30.6 Å². The number of fused-ring (bicyclic) bond motifs is 1. The van der Waals surface area contributed by atoms with Gasteiger partial charge in [0.1, 0.15) is 11.5 Å². The summed E-state index contributed by atoms with van der Waals surface area (Å²) in [6.45, 7) is 3.93. The quantitative estimate of drug-likeness (QED) is 0.276. The second-order valence-corrected chi connectivity index (χ2v) is 9.61. The average molecular weight is 489 g/mol. The second-order valence-electron chi connectivity index (χ2n) is 9.61. The fraction of sp³-hybridized carbons (Fsp3) is 0.357. The average Bonchev–Trinajstić information content (AvgIpc) is 3.37. The zero-order valence-corrected chi connectivity index (χ0v) is 20.5. The predicted molar refractivity (Wildman–Crippen MR) is 133 cm³/mol. The van der Waals surface area contributed by atoms with Crippen LogP contribution in [0.1, 0.15) is 25.3 Å². The Morgan fingerprint density at radius 2 is 1.81 bits per heavy atom. The van der Waals surface area contributed by atoms with E-state index in [4.69, 9.17) is 9.47 Å². The molecule has 0 spiro atoms. The Labute approximate surface area is 209 Å². The standard InChI is InChI=1S/C28H28N2O6/c1-16-7-6-8-20-25(16)27(33)30(26(20)32)21-12-11-19(13-17(21)2)36-28(34)18-14-24(31)29(15-18)22-9-4-5-10-23(22)35-3/h4-7,9-13,16,18,20,25H,8,14-15H2,1-3H3/t16-,18+,20+,25+/m0/s1. The highest BCUT2D eigenvalue weighted by Crippen LogP contribution is 2.42. The van der Waals surface area contributed by atoms with Crippen LogP contribution in [0.15, 0.2) is 54.6 Å². The number of esters is 1. The number of ether oxygens (including phenoxy) is 2. The zero-order valence-electron chi connectivity index (χ0n) is 20.5. The Balaban J connectivity index is 1.29. The normalized spacial score (nSPS) is 25.4. The first-order valence-electron chi connectivity index (χ1n) is 12.1. The number of hydrogen-bond acceptors (Lipinski definition) is 6. The highest BCUT2D eigenvalue weighted by atomic mass is 16.5. The van der Waals surface area contributed by atoms with E-state index in [0.717, 1.165) is 0 Å². The van der Waals surface area contributed by atoms with E-state index in [9.17, 15) is 19.2 Å². The van der Waals surface area contributed by atoms with E-state index in [1.165, 1.54) is 12.0 Å². The molecule has 2 saturated heterocycles. The van der Waals surface area contributed by atoms with Gasteiger partial charge in [-0.15, -0.1) is 0 Å². The molecule has 186 valence electrons. The molecule has 2 aromatic carbocycles. The molecule has 36 heavy (non-hydrogen) atoms. The van der Waals surface area contributed by atoms with Crippen molar-refractivity contribution in [1.82, 2.24) is 0 Å². The summed E-state index contributed by atoms with van der Waals surface area (Å²) in [4.78, 5) is 54.5. The Morgan fingerprint density at radius 3 is 2.53 bits per heavy atom. The zero-order chi connectivity index (χ0) is 25.6. The molecule has 8 nitrogen and oxygen atoms in total. The number of para-hydroxylation sites is 2. The summed E-state index contributed by atoms with van der Waals surface area (Å²) in [5.74, 6) is -1.48. The lowest BCUT2D eigenvalue weighted by atomic mass is 9.78. The molecule has 2 heterocycles. The largest absolute Gasteiger partial charge is 0.495 e. The van der Waals surface area contributed by atoms with Crippen molar-refractivity contribution in [2.75, 3.05) is 23.5 Å². The van der Waals surface area contributed by atoms with Gasteiger partial charge in [-0.05, 0) is 55.2 Å². The third-order valence-corrected chi connectivity index (χ3v) is 7.33. The van der Waals surface area contributed by atoms with Gasteiger partial charge in [0.15, 0.2) is 0 Å². The molecule has 2 aromatic rings. The Kier molecular flexibility index (Phi) is 6.12. The number of aryl methyl sites for hydroxylation is 1. The number of rotatable bonds is 5. The van der Waals surface area contributed by atoms with Crippen molar-refractivity contribution in [3.05, 3.63) is 60.2 Å². The highest BCUT2D eigenvalue weighted by Gasteiger charge is 2.50. The van der Waals surface area contributed by atoms with Gasteiger partial charge >= 0.3 is 5.97 Å². The molecule has 2 fully saturated rings. The predicted octanol–water partition coefficient (Wildman–Crippen LogP) is 3.66. The van der Waals surface area contributed by atoms with Gasteiger partial charge in [0, 0.05) is 13.0 Å². The molecule has 0 unspecified atom stereocenters. The molecule has 0 bridgehead atoms. The summed E-state index contributed by atoms with van der Waals surface area (Å²) < 4.78 is 11.0. The number of carbonyl (C=O) groups excluding carboxylic acids is 4. The Hall–Kier alpha value is -3.94.